The molecule has 0 saturated heterocycles. The summed E-state index contributed by atoms with van der Waals surface area (Å²) in [7, 11) is 0. The van der Waals surface area contributed by atoms with Crippen molar-refractivity contribution in [3.05, 3.63) is 47.7 Å². The zero-order valence-corrected chi connectivity index (χ0v) is 19.0. The van der Waals surface area contributed by atoms with E-state index in [1.165, 1.54) is 43.5 Å². The number of ether oxygens (including phenoxy) is 1. The maximum Gasteiger partial charge on any atom is 0.416 e. The van der Waals surface area contributed by atoms with Crippen LogP contribution in [0.15, 0.2) is 40.8 Å². The molecule has 1 heterocycles. The van der Waals surface area contributed by atoms with Crippen LogP contribution in [0.2, 0.25) is 0 Å². The van der Waals surface area contributed by atoms with E-state index in [4.69, 9.17) is 9.15 Å². The van der Waals surface area contributed by atoms with Crippen LogP contribution in [0.4, 0.5) is 13.2 Å². The third kappa shape index (κ3) is 4.46. The monoisotopic (exact) mass is 475 g/mol. The molecule has 4 aliphatic rings. The van der Waals surface area contributed by atoms with Gasteiger partial charge in [0.25, 0.3) is 5.91 Å². The number of alkyl halides is 3. The van der Waals surface area contributed by atoms with Gasteiger partial charge in [-0.25, -0.2) is 4.79 Å². The summed E-state index contributed by atoms with van der Waals surface area (Å²) in [4.78, 5) is 24.9. The Morgan fingerprint density at radius 2 is 1.74 bits per heavy atom. The Hall–Kier alpha value is -2.77. The number of amides is 1. The van der Waals surface area contributed by atoms with Crippen molar-refractivity contribution in [2.75, 3.05) is 6.61 Å². The second-order valence-corrected chi connectivity index (χ2v) is 10.4. The maximum atomic E-state index is 12.9. The van der Waals surface area contributed by atoms with E-state index < -0.39 is 24.3 Å². The summed E-state index contributed by atoms with van der Waals surface area (Å²) in [5, 5.41) is 3.04. The minimum atomic E-state index is -4.48. The Morgan fingerprint density at radius 3 is 2.35 bits per heavy atom. The summed E-state index contributed by atoms with van der Waals surface area (Å²) in [5.41, 5.74) is -0.471. The number of nitrogens with one attached hydrogen (secondary N) is 1. The molecular weight excluding hydrogens is 447 g/mol. The molecule has 34 heavy (non-hydrogen) atoms. The lowest BCUT2D eigenvalue weighted by Crippen LogP contribution is -2.56. The first-order chi connectivity index (χ1) is 16.1. The number of hydrogen-bond donors (Lipinski definition) is 1. The Bertz CT molecular complexity index is 1050. The number of esters is 1. The fraction of sp³-hybridized carbons (Fsp3) is 0.538. The molecule has 4 saturated carbocycles. The van der Waals surface area contributed by atoms with Gasteiger partial charge in [-0.1, -0.05) is 12.1 Å². The largest absolute Gasteiger partial charge is 0.450 e. The molecule has 0 unspecified atom stereocenters. The first-order valence-corrected chi connectivity index (χ1v) is 11.9. The van der Waals surface area contributed by atoms with Gasteiger partial charge >= 0.3 is 12.1 Å². The van der Waals surface area contributed by atoms with Crippen LogP contribution in [0.5, 0.6) is 0 Å². The number of rotatable bonds is 6. The van der Waals surface area contributed by atoms with E-state index >= 15 is 0 Å². The third-order valence-corrected chi connectivity index (χ3v) is 8.00. The van der Waals surface area contributed by atoms with Crippen LogP contribution in [0, 0.1) is 23.2 Å². The number of carbonyl (C=O) groups is 2. The number of halogens is 3. The fourth-order valence-electron chi connectivity index (χ4n) is 6.80. The van der Waals surface area contributed by atoms with Crippen molar-refractivity contribution in [1.82, 2.24) is 5.32 Å². The first-order valence-electron chi connectivity index (χ1n) is 11.9. The van der Waals surface area contributed by atoms with Gasteiger partial charge in [-0.15, -0.1) is 0 Å². The van der Waals surface area contributed by atoms with Gasteiger partial charge < -0.3 is 14.5 Å². The average Bonchev–Trinajstić information content (AvgIpc) is 3.26. The van der Waals surface area contributed by atoms with Crippen LogP contribution in [0.25, 0.3) is 11.3 Å². The lowest BCUT2D eigenvalue weighted by Gasteiger charge is -2.59. The molecule has 4 fully saturated rings. The number of benzene rings is 1. The number of carbonyl (C=O) groups excluding carboxylic acids is 2. The van der Waals surface area contributed by atoms with Gasteiger partial charge in [-0.05, 0) is 92.9 Å². The maximum absolute atomic E-state index is 12.9. The molecule has 4 aliphatic carbocycles. The summed E-state index contributed by atoms with van der Waals surface area (Å²) in [6, 6.07) is 7.40. The predicted octanol–water partition coefficient (Wildman–Crippen LogP) is 5.84. The van der Waals surface area contributed by atoms with Crippen LogP contribution >= 0.6 is 0 Å². The van der Waals surface area contributed by atoms with E-state index in [-0.39, 0.29) is 34.4 Å². The molecule has 1 amide bonds. The van der Waals surface area contributed by atoms with Crippen LogP contribution < -0.4 is 5.32 Å². The standard InChI is InChI=1S/C26H28F3NO4/c1-15(25-11-16-7-17(12-25)9-18(8-16)13-25)30-23(31)14-33-24(32)22-6-5-21(34-22)19-3-2-4-20(10-19)26(27,28)29/h2-6,10,15-18H,7-9,11-14H2,1H3,(H,30,31)/t15-,16?,17?,18?,25?/m1/s1. The van der Waals surface area contributed by atoms with E-state index in [1.54, 1.807) is 0 Å². The Labute approximate surface area is 196 Å². The molecule has 0 aliphatic heterocycles. The quantitative estimate of drug-likeness (QED) is 0.533. The van der Waals surface area contributed by atoms with Crippen LogP contribution in [-0.4, -0.2) is 24.5 Å². The van der Waals surface area contributed by atoms with Crippen molar-refractivity contribution >= 4 is 11.9 Å². The lowest BCUT2D eigenvalue weighted by atomic mass is 9.48. The first kappa shape index (κ1) is 23.0. The second-order valence-electron chi connectivity index (χ2n) is 10.4. The highest BCUT2D eigenvalue weighted by Crippen LogP contribution is 2.61. The summed E-state index contributed by atoms with van der Waals surface area (Å²) >= 11 is 0. The summed E-state index contributed by atoms with van der Waals surface area (Å²) in [6.07, 6.45) is 2.96. The molecule has 1 aromatic carbocycles. The van der Waals surface area contributed by atoms with E-state index in [9.17, 15) is 22.8 Å². The average molecular weight is 476 g/mol. The highest BCUT2D eigenvalue weighted by Gasteiger charge is 2.53. The third-order valence-electron chi connectivity index (χ3n) is 8.00. The molecule has 0 spiro atoms. The van der Waals surface area contributed by atoms with Crippen molar-refractivity contribution < 1.29 is 31.9 Å². The molecule has 1 atom stereocenters. The molecule has 0 radical (unpaired) electrons. The van der Waals surface area contributed by atoms with Gasteiger partial charge in [0.15, 0.2) is 6.61 Å². The summed E-state index contributed by atoms with van der Waals surface area (Å²) < 4.78 is 49.4. The van der Waals surface area contributed by atoms with Crippen LogP contribution in [0.1, 0.15) is 61.6 Å². The highest BCUT2D eigenvalue weighted by molar-refractivity contribution is 5.89. The van der Waals surface area contributed by atoms with Gasteiger partial charge in [0, 0.05) is 11.6 Å². The zero-order chi connectivity index (χ0) is 24.1. The minimum Gasteiger partial charge on any atom is -0.450 e. The molecule has 1 aromatic heterocycles. The number of hydrogen-bond acceptors (Lipinski definition) is 4. The van der Waals surface area contributed by atoms with Crippen LogP contribution in [-0.2, 0) is 15.7 Å². The van der Waals surface area contributed by atoms with Gasteiger partial charge in [-0.2, -0.15) is 13.2 Å². The van der Waals surface area contributed by atoms with Crippen molar-refractivity contribution in [3.8, 4) is 11.3 Å². The Kier molecular flexibility index (Phi) is 5.73. The summed E-state index contributed by atoms with van der Waals surface area (Å²) in [6.45, 7) is 1.62. The van der Waals surface area contributed by atoms with E-state index in [2.05, 4.69) is 12.2 Å². The molecule has 5 nitrogen and oxygen atoms in total. The van der Waals surface area contributed by atoms with E-state index in [1.807, 2.05) is 0 Å². The van der Waals surface area contributed by atoms with Gasteiger partial charge in [0.1, 0.15) is 5.76 Å². The summed E-state index contributed by atoms with van der Waals surface area (Å²) in [5.74, 6) is 1.06. The van der Waals surface area contributed by atoms with E-state index in [0.717, 1.165) is 49.1 Å². The smallest absolute Gasteiger partial charge is 0.416 e. The predicted molar refractivity (Wildman–Crippen MR) is 118 cm³/mol. The van der Waals surface area contributed by atoms with Gasteiger partial charge in [0.05, 0.1) is 5.56 Å². The minimum absolute atomic E-state index is 0.0169. The Morgan fingerprint density at radius 1 is 1.09 bits per heavy atom. The van der Waals surface area contributed by atoms with Crippen molar-refractivity contribution in [3.63, 3.8) is 0 Å². The topological polar surface area (TPSA) is 68.5 Å². The van der Waals surface area contributed by atoms with Crippen molar-refractivity contribution in [1.29, 1.82) is 0 Å². The molecule has 8 heteroatoms. The lowest BCUT2D eigenvalue weighted by molar-refractivity contribution is -0.137. The SMILES string of the molecule is C[C@@H](NC(=O)COC(=O)c1ccc(-c2cccc(C(F)(F)F)c2)o1)C12CC3CC(CC(C3)C1)C2. The molecule has 6 rings (SSSR count). The van der Waals surface area contributed by atoms with E-state index in [0.29, 0.717) is 0 Å². The highest BCUT2D eigenvalue weighted by atomic mass is 19.4. The second kappa shape index (κ2) is 8.47. The van der Waals surface area contributed by atoms with Gasteiger partial charge in [-0.3, -0.25) is 4.79 Å². The molecule has 2 aromatic rings. The van der Waals surface area contributed by atoms with Gasteiger partial charge in [0.2, 0.25) is 5.76 Å². The van der Waals surface area contributed by atoms with Crippen molar-refractivity contribution in [2.45, 2.75) is 57.7 Å². The Balaban J connectivity index is 1.16. The van der Waals surface area contributed by atoms with Crippen LogP contribution in [0.3, 0.4) is 0 Å². The molecule has 4 bridgehead atoms. The van der Waals surface area contributed by atoms with Crippen molar-refractivity contribution in [2.24, 2.45) is 23.2 Å². The zero-order valence-electron chi connectivity index (χ0n) is 19.0. The molecule has 182 valence electrons. The molecular formula is C26H28F3NO4. The normalized spacial score (nSPS) is 28.5. The fourth-order valence-corrected chi connectivity index (χ4v) is 6.80. The molecule has 1 N–H and O–H groups in total. The number of furan rings is 1.